The third-order valence-electron chi connectivity index (χ3n) is 2.67. The average molecular weight is 266 g/mol. The van der Waals surface area contributed by atoms with Gasteiger partial charge in [-0.15, -0.1) is 23.0 Å². The highest BCUT2D eigenvalue weighted by Gasteiger charge is 2.31. The summed E-state index contributed by atoms with van der Waals surface area (Å²) >= 11 is 0. The molecule has 0 saturated carbocycles. The van der Waals surface area contributed by atoms with Gasteiger partial charge in [-0.3, -0.25) is 0 Å². The largest absolute Gasteiger partial charge is 0.226 e. The normalized spacial score (nSPS) is 29.4. The van der Waals surface area contributed by atoms with Crippen molar-refractivity contribution >= 4 is 33.1 Å². The topological polar surface area (TPSA) is 43.6 Å². The monoisotopic (exact) mass is 266 g/mol. The lowest BCUT2D eigenvalue weighted by Crippen LogP contribution is -2.27. The molecule has 1 aromatic heterocycles. The Labute approximate surface area is 91.0 Å². The second kappa shape index (κ2) is 4.75. The molecular weight excluding hydrogens is 252 g/mol. The van der Waals surface area contributed by atoms with E-state index in [9.17, 15) is 0 Å². The number of tetrazole rings is 1. The van der Waals surface area contributed by atoms with Gasteiger partial charge in [0, 0.05) is 12.1 Å². The third-order valence-corrected chi connectivity index (χ3v) is 14.1. The van der Waals surface area contributed by atoms with Crippen LogP contribution in [0.15, 0.2) is 0 Å². The Morgan fingerprint density at radius 1 is 1.64 bits per heavy atom. The number of nitrogens with zero attached hydrogens (tertiary/aromatic N) is 4. The molecule has 0 aromatic carbocycles. The summed E-state index contributed by atoms with van der Waals surface area (Å²) in [5, 5.41) is 11.8. The molecule has 0 bridgehead atoms. The summed E-state index contributed by atoms with van der Waals surface area (Å²) in [6.45, 7) is 2.23. The first-order valence-electron chi connectivity index (χ1n) is 4.51. The van der Waals surface area contributed by atoms with Crippen LogP contribution >= 0.6 is 33.1 Å². The number of aryl methyl sites for hydroxylation is 1. The molecule has 4 nitrogen and oxygen atoms in total. The molecule has 1 aliphatic heterocycles. The van der Waals surface area contributed by atoms with Crippen molar-refractivity contribution in [3.63, 3.8) is 0 Å². The minimum Gasteiger partial charge on any atom is -0.226 e. The molecule has 1 aromatic rings. The fourth-order valence-corrected chi connectivity index (χ4v) is 7.56. The SMILES string of the molecule is C[C@@H]1[C@@H](P(P)PP)CCc2nnnn21. The van der Waals surface area contributed by atoms with Crippen LogP contribution < -0.4 is 0 Å². The molecule has 8 heteroatoms. The van der Waals surface area contributed by atoms with E-state index in [-0.39, 0.29) is 7.30 Å². The maximum atomic E-state index is 4.06. The number of rotatable bonds is 2. The summed E-state index contributed by atoms with van der Waals surface area (Å²) in [4.78, 5) is 0. The van der Waals surface area contributed by atoms with Gasteiger partial charge >= 0.3 is 0 Å². The highest BCUT2D eigenvalue weighted by atomic mass is 32.6. The van der Waals surface area contributed by atoms with E-state index < -0.39 is 0 Å². The van der Waals surface area contributed by atoms with Gasteiger partial charge in [0.15, 0.2) is 5.82 Å². The lowest BCUT2D eigenvalue weighted by molar-refractivity contribution is 0.393. The van der Waals surface area contributed by atoms with Crippen molar-refractivity contribution in [1.82, 2.24) is 20.2 Å². The quantitative estimate of drug-likeness (QED) is 0.771. The maximum absolute atomic E-state index is 4.06. The van der Waals surface area contributed by atoms with E-state index >= 15 is 0 Å². The smallest absolute Gasteiger partial charge is 0.151 e. The highest BCUT2D eigenvalue weighted by Crippen LogP contribution is 2.71. The zero-order valence-corrected chi connectivity index (χ0v) is 12.2. The molecule has 78 valence electrons. The lowest BCUT2D eigenvalue weighted by atomic mass is 10.1. The first-order valence-corrected chi connectivity index (χ1v) is 11.2. The van der Waals surface area contributed by atoms with E-state index in [4.69, 9.17) is 0 Å². The summed E-state index contributed by atoms with van der Waals surface area (Å²) in [6, 6.07) is 0.463. The predicted molar refractivity (Wildman–Crippen MR) is 69.3 cm³/mol. The van der Waals surface area contributed by atoms with Gasteiger partial charge in [0.1, 0.15) is 0 Å². The zero-order chi connectivity index (χ0) is 10.1. The molecule has 0 radical (unpaired) electrons. The molecular formula is C6H14N4P4. The van der Waals surface area contributed by atoms with E-state index in [1.54, 1.807) is 0 Å². The first kappa shape index (κ1) is 11.3. The van der Waals surface area contributed by atoms with Gasteiger partial charge in [-0.2, -0.15) is 0 Å². The number of aromatic nitrogens is 4. The van der Waals surface area contributed by atoms with E-state index in [1.165, 1.54) is 6.42 Å². The van der Waals surface area contributed by atoms with Crippen molar-refractivity contribution in [3.05, 3.63) is 5.82 Å². The van der Waals surface area contributed by atoms with E-state index in [2.05, 4.69) is 40.3 Å². The Hall–Kier alpha value is 0.790. The molecule has 0 saturated heterocycles. The summed E-state index contributed by atoms with van der Waals surface area (Å²) in [7, 11) is 6.88. The summed E-state index contributed by atoms with van der Waals surface area (Å²) in [5.41, 5.74) is 0.752. The molecule has 2 heterocycles. The fraction of sp³-hybridized carbons (Fsp3) is 0.833. The maximum Gasteiger partial charge on any atom is 0.151 e. The number of hydrogen-bond donors (Lipinski definition) is 0. The summed E-state index contributed by atoms with van der Waals surface area (Å²) < 4.78 is 2.00. The van der Waals surface area contributed by atoms with Crippen LogP contribution in [0.1, 0.15) is 25.2 Å². The van der Waals surface area contributed by atoms with Crippen LogP contribution in [0.3, 0.4) is 0 Å². The van der Waals surface area contributed by atoms with Gasteiger partial charge in [-0.05, 0) is 23.8 Å². The Balaban J connectivity index is 2.20. The second-order valence-electron chi connectivity index (χ2n) is 3.42. The third kappa shape index (κ3) is 2.00. The molecule has 0 N–H and O–H groups in total. The van der Waals surface area contributed by atoms with E-state index in [1.807, 2.05) is 4.68 Å². The molecule has 6 atom stereocenters. The van der Waals surface area contributed by atoms with Crippen LogP contribution in [-0.4, -0.2) is 25.9 Å². The van der Waals surface area contributed by atoms with Gasteiger partial charge < -0.3 is 0 Å². The fourth-order valence-electron chi connectivity index (χ4n) is 1.84. The molecule has 0 amide bonds. The number of hydrogen-bond acceptors (Lipinski definition) is 3. The first-order chi connectivity index (χ1) is 6.74. The molecule has 0 spiro atoms. The van der Waals surface area contributed by atoms with Crippen molar-refractivity contribution in [3.8, 4) is 0 Å². The van der Waals surface area contributed by atoms with Crippen LogP contribution in [-0.2, 0) is 6.42 Å². The lowest BCUT2D eigenvalue weighted by Gasteiger charge is -2.32. The van der Waals surface area contributed by atoms with Crippen LogP contribution in [0.25, 0.3) is 0 Å². The van der Waals surface area contributed by atoms with Crippen molar-refractivity contribution < 1.29 is 0 Å². The average Bonchev–Trinajstić information content (AvgIpc) is 2.66. The Bertz CT molecular complexity index is 317. The summed E-state index contributed by atoms with van der Waals surface area (Å²) in [5.74, 6) is 1.05. The molecule has 14 heavy (non-hydrogen) atoms. The molecule has 0 aliphatic carbocycles. The highest BCUT2D eigenvalue weighted by molar-refractivity contribution is 8.61. The van der Waals surface area contributed by atoms with Gasteiger partial charge in [0.25, 0.3) is 0 Å². The second-order valence-corrected chi connectivity index (χ2v) is 13.0. The Kier molecular flexibility index (Phi) is 3.83. The number of fused-ring (bicyclic) bond motifs is 1. The van der Waals surface area contributed by atoms with Gasteiger partial charge in [-0.25, -0.2) is 4.68 Å². The van der Waals surface area contributed by atoms with Crippen molar-refractivity contribution in [1.29, 1.82) is 0 Å². The minimum atomic E-state index is 0.0496. The van der Waals surface area contributed by atoms with Crippen LogP contribution in [0, 0.1) is 0 Å². The molecule has 1 aliphatic rings. The predicted octanol–water partition coefficient (Wildman–Crippen LogP) is 2.20. The molecule has 0 fully saturated rings. The van der Waals surface area contributed by atoms with Gasteiger partial charge in [-0.1, -0.05) is 15.3 Å². The van der Waals surface area contributed by atoms with Crippen molar-refractivity contribution in [2.75, 3.05) is 0 Å². The van der Waals surface area contributed by atoms with Crippen molar-refractivity contribution in [2.45, 2.75) is 31.5 Å². The van der Waals surface area contributed by atoms with E-state index in [0.29, 0.717) is 6.04 Å². The van der Waals surface area contributed by atoms with Crippen LogP contribution in [0.2, 0.25) is 0 Å². The Morgan fingerprint density at radius 3 is 3.14 bits per heavy atom. The van der Waals surface area contributed by atoms with Crippen molar-refractivity contribution in [2.24, 2.45) is 0 Å². The van der Waals surface area contributed by atoms with Gasteiger partial charge in [0.2, 0.25) is 0 Å². The van der Waals surface area contributed by atoms with Crippen LogP contribution in [0.4, 0.5) is 0 Å². The Morgan fingerprint density at radius 2 is 2.43 bits per heavy atom. The molecule has 2 rings (SSSR count). The standard InChI is InChI=1S/C6H14N4P4/c1-4-5(14(12)13-11)2-3-6-7-8-9-10(4)6/h4-5,13H,2-3,11-12H2,1H3/t4-,5+,14?/m1/s1. The zero-order valence-electron chi connectivity index (χ0n) is 7.96. The van der Waals surface area contributed by atoms with Gasteiger partial charge in [0.05, 0.1) is 6.04 Å². The minimum absolute atomic E-state index is 0.0496. The summed E-state index contributed by atoms with van der Waals surface area (Å²) in [6.07, 6.45) is 2.27. The molecule has 4 unspecified atom stereocenters. The van der Waals surface area contributed by atoms with Crippen LogP contribution in [0.5, 0.6) is 0 Å². The van der Waals surface area contributed by atoms with E-state index in [0.717, 1.165) is 25.9 Å².